The highest BCUT2D eigenvalue weighted by Crippen LogP contribution is 2.49. The summed E-state index contributed by atoms with van der Waals surface area (Å²) in [6.45, 7) is 8.18. The first-order valence-electron chi connectivity index (χ1n) is 9.85. The topological polar surface area (TPSA) is 34.4 Å². The molecule has 3 aromatic rings. The summed E-state index contributed by atoms with van der Waals surface area (Å²) in [6.07, 6.45) is 0. The molecule has 0 amide bonds. The minimum absolute atomic E-state index is 0.0322. The maximum atomic E-state index is 10.1. The standard InChI is InChI=1S/C23H26ClNO2SSi/c1-29(2,3)11-10-27-15-25-17(14-26)13-19-18-6-4-5-7-21(18)28-22-9-8-16(24)12-20(22)23(19)25/h4-9,12-13,26H,10-11,14-15H2,1-3H3. The highest BCUT2D eigenvalue weighted by atomic mass is 35.5. The van der Waals surface area contributed by atoms with Gasteiger partial charge < -0.3 is 14.4 Å². The van der Waals surface area contributed by atoms with Gasteiger partial charge in [-0.05, 0) is 41.9 Å². The van der Waals surface area contributed by atoms with Crippen molar-refractivity contribution in [2.75, 3.05) is 6.61 Å². The molecule has 0 aliphatic carbocycles. The average molecular weight is 444 g/mol. The molecule has 29 heavy (non-hydrogen) atoms. The Morgan fingerprint density at radius 2 is 1.76 bits per heavy atom. The van der Waals surface area contributed by atoms with Crippen LogP contribution in [0.25, 0.3) is 22.4 Å². The molecule has 0 saturated heterocycles. The van der Waals surface area contributed by atoms with Crippen molar-refractivity contribution in [2.24, 2.45) is 0 Å². The number of aliphatic hydroxyl groups excluding tert-OH is 1. The van der Waals surface area contributed by atoms with E-state index < -0.39 is 8.07 Å². The van der Waals surface area contributed by atoms with Gasteiger partial charge in [0.25, 0.3) is 0 Å². The molecule has 0 atom stereocenters. The van der Waals surface area contributed by atoms with E-state index in [-0.39, 0.29) is 6.61 Å². The lowest BCUT2D eigenvalue weighted by molar-refractivity contribution is 0.0836. The Balaban J connectivity index is 1.82. The third-order valence-electron chi connectivity index (χ3n) is 5.16. The quantitative estimate of drug-likeness (QED) is 0.264. The Hall–Kier alpha value is -1.50. The van der Waals surface area contributed by atoms with Crippen molar-refractivity contribution < 1.29 is 9.84 Å². The normalized spacial score (nSPS) is 12.9. The van der Waals surface area contributed by atoms with Gasteiger partial charge in [0.1, 0.15) is 6.73 Å². The van der Waals surface area contributed by atoms with Gasteiger partial charge in [0.15, 0.2) is 0 Å². The minimum atomic E-state index is -1.15. The third kappa shape index (κ3) is 4.34. The summed E-state index contributed by atoms with van der Waals surface area (Å²) in [5.41, 5.74) is 5.30. The van der Waals surface area contributed by atoms with Crippen LogP contribution in [0.15, 0.2) is 58.3 Å². The zero-order valence-corrected chi connectivity index (χ0v) is 19.6. The van der Waals surface area contributed by atoms with Crippen molar-refractivity contribution in [2.45, 2.75) is 48.8 Å². The van der Waals surface area contributed by atoms with E-state index in [9.17, 15) is 5.11 Å². The lowest BCUT2D eigenvalue weighted by Gasteiger charge is -2.18. The van der Waals surface area contributed by atoms with Gasteiger partial charge in [-0.15, -0.1) is 0 Å². The number of rotatable bonds is 6. The maximum Gasteiger partial charge on any atom is 0.123 e. The van der Waals surface area contributed by atoms with E-state index in [0.717, 1.165) is 40.1 Å². The van der Waals surface area contributed by atoms with Crippen LogP contribution < -0.4 is 0 Å². The van der Waals surface area contributed by atoms with E-state index in [2.05, 4.69) is 60.6 Å². The number of ether oxygens (including phenoxy) is 1. The van der Waals surface area contributed by atoms with Crippen LogP contribution in [0.2, 0.25) is 30.7 Å². The van der Waals surface area contributed by atoms with Crippen molar-refractivity contribution in [1.29, 1.82) is 0 Å². The fourth-order valence-corrected chi connectivity index (χ4v) is 5.59. The molecule has 152 valence electrons. The summed E-state index contributed by atoms with van der Waals surface area (Å²) < 4.78 is 8.19. The monoisotopic (exact) mass is 443 g/mol. The van der Waals surface area contributed by atoms with E-state index >= 15 is 0 Å². The second-order valence-corrected chi connectivity index (χ2v) is 15.7. The molecule has 1 N–H and O–H groups in total. The largest absolute Gasteiger partial charge is 0.390 e. The summed E-state index contributed by atoms with van der Waals surface area (Å²) in [7, 11) is -1.15. The Kier molecular flexibility index (Phi) is 5.96. The number of aromatic nitrogens is 1. The molecule has 0 unspecified atom stereocenters. The molecule has 1 aromatic heterocycles. The number of nitrogens with zero attached hydrogens (tertiary/aromatic N) is 1. The van der Waals surface area contributed by atoms with Crippen LogP contribution in [0.3, 0.4) is 0 Å². The van der Waals surface area contributed by atoms with E-state index in [1.165, 1.54) is 10.5 Å². The fourth-order valence-electron chi connectivity index (χ4n) is 3.58. The van der Waals surface area contributed by atoms with Crippen molar-refractivity contribution in [1.82, 2.24) is 4.57 Å². The Morgan fingerprint density at radius 3 is 2.52 bits per heavy atom. The van der Waals surface area contributed by atoms with Crippen LogP contribution >= 0.6 is 23.4 Å². The first-order valence-corrected chi connectivity index (χ1v) is 14.8. The first kappa shape index (κ1) is 20.8. The number of hydrogen-bond acceptors (Lipinski definition) is 3. The van der Waals surface area contributed by atoms with Gasteiger partial charge in [-0.1, -0.05) is 61.2 Å². The average Bonchev–Trinajstić information content (AvgIpc) is 2.98. The highest BCUT2D eigenvalue weighted by molar-refractivity contribution is 7.99. The second-order valence-electron chi connectivity index (χ2n) is 8.57. The van der Waals surface area contributed by atoms with Gasteiger partial charge in [-0.2, -0.15) is 0 Å². The van der Waals surface area contributed by atoms with Crippen molar-refractivity contribution in [3.05, 3.63) is 59.2 Å². The maximum absolute atomic E-state index is 10.1. The molecule has 2 heterocycles. The summed E-state index contributed by atoms with van der Waals surface area (Å²) in [5.74, 6) is 0. The summed E-state index contributed by atoms with van der Waals surface area (Å²) in [4.78, 5) is 2.36. The second kappa shape index (κ2) is 8.32. The number of benzene rings is 2. The molecule has 0 fully saturated rings. The minimum Gasteiger partial charge on any atom is -0.390 e. The third-order valence-corrected chi connectivity index (χ3v) is 8.25. The van der Waals surface area contributed by atoms with Crippen molar-refractivity contribution in [3.8, 4) is 22.4 Å². The molecule has 6 heteroatoms. The van der Waals surface area contributed by atoms with Crippen molar-refractivity contribution in [3.63, 3.8) is 0 Å². The molecule has 0 saturated carbocycles. The van der Waals surface area contributed by atoms with Gasteiger partial charge in [-0.3, -0.25) is 0 Å². The van der Waals surface area contributed by atoms with Crippen LogP contribution in [0.1, 0.15) is 5.69 Å². The molecule has 2 aromatic carbocycles. The van der Waals surface area contributed by atoms with Crippen LogP contribution in [0, 0.1) is 0 Å². The molecule has 4 rings (SSSR count). The Bertz CT molecular complexity index is 1040. The van der Waals surface area contributed by atoms with Gasteiger partial charge in [0.2, 0.25) is 0 Å². The number of halogens is 1. The predicted molar refractivity (Wildman–Crippen MR) is 124 cm³/mol. The molecule has 0 spiro atoms. The summed E-state index contributed by atoms with van der Waals surface area (Å²) in [5, 5.41) is 10.8. The van der Waals surface area contributed by atoms with Gasteiger partial charge in [0.05, 0.1) is 12.3 Å². The first-order chi connectivity index (χ1) is 13.9. The van der Waals surface area contributed by atoms with Crippen LogP contribution in [-0.2, 0) is 18.1 Å². The zero-order chi connectivity index (χ0) is 20.6. The molecule has 1 aliphatic heterocycles. The van der Waals surface area contributed by atoms with Crippen LogP contribution in [0.5, 0.6) is 0 Å². The van der Waals surface area contributed by atoms with E-state index in [0.29, 0.717) is 11.8 Å². The van der Waals surface area contributed by atoms with E-state index in [1.54, 1.807) is 11.8 Å². The molecular weight excluding hydrogens is 418 g/mol. The summed E-state index contributed by atoms with van der Waals surface area (Å²) in [6, 6.07) is 17.7. The van der Waals surface area contributed by atoms with E-state index in [1.807, 2.05) is 12.1 Å². The fraction of sp³-hybridized carbons (Fsp3) is 0.304. The van der Waals surface area contributed by atoms with E-state index in [4.69, 9.17) is 16.3 Å². The van der Waals surface area contributed by atoms with Crippen LogP contribution in [-0.4, -0.2) is 24.4 Å². The molecule has 3 nitrogen and oxygen atoms in total. The smallest absolute Gasteiger partial charge is 0.123 e. The van der Waals surface area contributed by atoms with Crippen molar-refractivity contribution >= 4 is 31.4 Å². The predicted octanol–water partition coefficient (Wildman–Crippen LogP) is 6.74. The number of aliphatic hydroxyl groups is 1. The summed E-state index contributed by atoms with van der Waals surface area (Å²) >= 11 is 8.14. The number of hydrogen-bond donors (Lipinski definition) is 1. The molecule has 0 radical (unpaired) electrons. The molecule has 0 bridgehead atoms. The lowest BCUT2D eigenvalue weighted by Crippen LogP contribution is -2.22. The molecular formula is C23H26ClNO2SSi. The number of fused-ring (bicyclic) bond motifs is 5. The van der Waals surface area contributed by atoms with Crippen LogP contribution in [0.4, 0.5) is 0 Å². The highest BCUT2D eigenvalue weighted by Gasteiger charge is 2.25. The Labute approximate surface area is 182 Å². The Morgan fingerprint density at radius 1 is 1.00 bits per heavy atom. The van der Waals surface area contributed by atoms with Gasteiger partial charge >= 0.3 is 0 Å². The SMILES string of the molecule is C[Si](C)(C)CCOCn1c(CO)cc2c1-c1cc(Cl)ccc1Sc1ccccc1-2. The zero-order valence-electron chi connectivity index (χ0n) is 17.0. The van der Waals surface area contributed by atoms with Gasteiger partial charge in [-0.25, -0.2) is 0 Å². The lowest BCUT2D eigenvalue weighted by atomic mass is 10.0. The molecule has 1 aliphatic rings. The van der Waals surface area contributed by atoms with Gasteiger partial charge in [0, 0.05) is 46.3 Å².